The molecule has 7 aromatic rings. The molecule has 298 valence electrons. The highest BCUT2D eigenvalue weighted by Gasteiger charge is 2.25. The lowest BCUT2D eigenvalue weighted by Crippen LogP contribution is -2.42. The predicted molar refractivity (Wildman–Crippen MR) is 254 cm³/mol. The zero-order valence-corrected chi connectivity index (χ0v) is 35.2. The smallest absolute Gasteiger partial charge is 0.108 e. The fraction of sp³-hybridized carbons (Fsp3) is 0.222. The van der Waals surface area contributed by atoms with Gasteiger partial charge in [0.2, 0.25) is 0 Å². The fourth-order valence-electron chi connectivity index (χ4n) is 7.06. The molecule has 0 aliphatic heterocycles. The molecule has 0 saturated carbocycles. The summed E-state index contributed by atoms with van der Waals surface area (Å²) in [4.78, 5) is 7.16. The van der Waals surface area contributed by atoms with Crippen molar-refractivity contribution in [3.63, 3.8) is 0 Å². The van der Waals surface area contributed by atoms with Crippen LogP contribution < -0.4 is 20.0 Å². The summed E-state index contributed by atoms with van der Waals surface area (Å²) in [5, 5.41) is 3.62. The van der Waals surface area contributed by atoms with Crippen LogP contribution in [0.4, 0.5) is 39.8 Å². The summed E-state index contributed by atoms with van der Waals surface area (Å²) in [6.07, 6.45) is 0.166. The van der Waals surface area contributed by atoms with Crippen molar-refractivity contribution in [2.75, 3.05) is 20.0 Å². The maximum atomic E-state index is 3.62. The van der Waals surface area contributed by atoms with E-state index in [2.05, 4.69) is 252 Å². The highest BCUT2D eigenvalue weighted by molar-refractivity contribution is 5.72. The normalized spacial score (nSPS) is 11.1. The number of rotatable bonds is 11. The summed E-state index contributed by atoms with van der Waals surface area (Å²) < 4.78 is 0. The summed E-state index contributed by atoms with van der Waals surface area (Å²) in [5.74, 6) is 0. The minimum absolute atomic E-state index is 0. The Balaban J connectivity index is 0.000000224. The van der Waals surface area contributed by atoms with Gasteiger partial charge in [0, 0.05) is 39.8 Å². The molecule has 7 rings (SSSR count). The van der Waals surface area contributed by atoms with Gasteiger partial charge in [0.05, 0.1) is 0 Å². The first-order chi connectivity index (χ1) is 27.4. The second-order valence-electron chi connectivity index (χ2n) is 15.4. The molecular formula is C54H62N4. The van der Waals surface area contributed by atoms with Crippen LogP contribution in [0, 0.1) is 48.5 Å². The second-order valence-corrected chi connectivity index (χ2v) is 15.4. The van der Waals surface area contributed by atoms with Crippen LogP contribution in [0.15, 0.2) is 170 Å². The zero-order valence-electron chi connectivity index (χ0n) is 35.2. The molecule has 4 nitrogen and oxygen atoms in total. The fourth-order valence-corrected chi connectivity index (χ4v) is 7.06. The molecule has 0 fully saturated rings. The molecule has 0 saturated heterocycles. The highest BCUT2D eigenvalue weighted by Crippen LogP contribution is 2.36. The molecule has 0 aliphatic carbocycles. The van der Waals surface area contributed by atoms with Gasteiger partial charge in [0.15, 0.2) is 0 Å². The topological polar surface area (TPSA) is 21.8 Å². The van der Waals surface area contributed by atoms with Crippen molar-refractivity contribution < 1.29 is 0 Å². The van der Waals surface area contributed by atoms with Gasteiger partial charge < -0.3 is 20.0 Å². The van der Waals surface area contributed by atoms with E-state index in [4.69, 9.17) is 0 Å². The number of anilines is 7. The third-order valence-corrected chi connectivity index (χ3v) is 10.4. The first-order valence-electron chi connectivity index (χ1n) is 20.1. The van der Waals surface area contributed by atoms with Gasteiger partial charge in [-0.25, -0.2) is 0 Å². The standard InChI is InChI=1S/C30H32N2.C23H26N2.CH4/c1-22-6-14-27(15-7-22)31(28-16-8-23(2)9-17-28)26(5)32(29-18-10-24(3)11-19-29)30-20-12-25(4)13-21-30;1-17-5-11-21(12-6-17)24-20(4)25(22-13-7-18(2)8-14-22)23-15-9-19(3)10-16-23;/h6-21,26H,1-5H3;5-16,20,24H,1-4H3;1H4. The van der Waals surface area contributed by atoms with Crippen molar-refractivity contribution in [3.05, 3.63) is 209 Å². The summed E-state index contributed by atoms with van der Waals surface area (Å²) in [6, 6.07) is 61.1. The monoisotopic (exact) mass is 766 g/mol. The maximum Gasteiger partial charge on any atom is 0.108 e. The van der Waals surface area contributed by atoms with Crippen molar-refractivity contribution in [2.45, 2.75) is 82.1 Å². The van der Waals surface area contributed by atoms with E-state index < -0.39 is 0 Å². The number of hydrogen-bond acceptors (Lipinski definition) is 4. The molecule has 1 N–H and O–H groups in total. The lowest BCUT2D eigenvalue weighted by molar-refractivity contribution is 0.720. The quantitative estimate of drug-likeness (QED) is 0.132. The van der Waals surface area contributed by atoms with Gasteiger partial charge in [0.1, 0.15) is 12.3 Å². The molecule has 0 heterocycles. The van der Waals surface area contributed by atoms with E-state index in [0.29, 0.717) is 0 Å². The molecule has 7 aromatic carbocycles. The summed E-state index contributed by atoms with van der Waals surface area (Å²) in [6.45, 7) is 19.4. The van der Waals surface area contributed by atoms with Gasteiger partial charge in [-0.3, -0.25) is 0 Å². The lowest BCUT2D eigenvalue weighted by atomic mass is 10.1. The molecule has 0 aromatic heterocycles. The van der Waals surface area contributed by atoms with Crippen molar-refractivity contribution in [1.82, 2.24) is 0 Å². The number of aryl methyl sites for hydroxylation is 7. The highest BCUT2D eigenvalue weighted by atomic mass is 15.4. The van der Waals surface area contributed by atoms with E-state index in [1.807, 2.05) is 0 Å². The Hall–Kier alpha value is -6.26. The molecule has 1 atom stereocenters. The third-order valence-electron chi connectivity index (χ3n) is 10.4. The van der Waals surface area contributed by atoms with E-state index >= 15 is 0 Å². The zero-order chi connectivity index (χ0) is 40.5. The average Bonchev–Trinajstić information content (AvgIpc) is 3.21. The first kappa shape index (κ1) is 42.9. The molecule has 0 spiro atoms. The lowest BCUT2D eigenvalue weighted by Gasteiger charge is -2.40. The van der Waals surface area contributed by atoms with Crippen molar-refractivity contribution in [2.24, 2.45) is 0 Å². The molecule has 0 amide bonds. The Morgan fingerprint density at radius 1 is 0.293 bits per heavy atom. The Labute approximate surface area is 349 Å². The number of nitrogens with one attached hydrogen (secondary N) is 1. The van der Waals surface area contributed by atoms with Crippen molar-refractivity contribution in [1.29, 1.82) is 0 Å². The minimum Gasteiger partial charge on any atom is -0.365 e. The SMILES string of the molecule is C.Cc1ccc(N(c2ccc(C)cc2)C(C)N(c2ccc(C)cc2)c2ccc(C)cc2)cc1.Cc1ccc(NC(C)N(c2ccc(C)cc2)c2ccc(C)cc2)cc1. The molecule has 1 unspecified atom stereocenters. The van der Waals surface area contributed by atoms with Crippen LogP contribution in [0.5, 0.6) is 0 Å². The van der Waals surface area contributed by atoms with Crippen molar-refractivity contribution >= 4 is 39.8 Å². The van der Waals surface area contributed by atoms with Crippen LogP contribution in [0.2, 0.25) is 0 Å². The van der Waals surface area contributed by atoms with Crippen LogP contribution in [0.1, 0.15) is 60.2 Å². The van der Waals surface area contributed by atoms with Gasteiger partial charge in [0.25, 0.3) is 0 Å². The van der Waals surface area contributed by atoms with Gasteiger partial charge in [-0.05, 0) is 147 Å². The number of hydrogen-bond donors (Lipinski definition) is 1. The van der Waals surface area contributed by atoms with Crippen LogP contribution >= 0.6 is 0 Å². The van der Waals surface area contributed by atoms with Crippen molar-refractivity contribution in [3.8, 4) is 0 Å². The summed E-state index contributed by atoms with van der Waals surface area (Å²) in [7, 11) is 0. The molecular weight excluding hydrogens is 705 g/mol. The Morgan fingerprint density at radius 2 is 0.483 bits per heavy atom. The van der Waals surface area contributed by atoms with E-state index in [0.717, 1.165) is 5.69 Å². The predicted octanol–water partition coefficient (Wildman–Crippen LogP) is 15.1. The van der Waals surface area contributed by atoms with Crippen LogP contribution in [0.25, 0.3) is 0 Å². The number of nitrogens with zero attached hydrogens (tertiary/aromatic N) is 3. The number of benzene rings is 7. The van der Waals surface area contributed by atoms with E-state index in [1.165, 1.54) is 73.1 Å². The van der Waals surface area contributed by atoms with Gasteiger partial charge in [-0.2, -0.15) is 0 Å². The van der Waals surface area contributed by atoms with Gasteiger partial charge in [-0.1, -0.05) is 131 Å². The van der Waals surface area contributed by atoms with Crippen LogP contribution in [0.3, 0.4) is 0 Å². The van der Waals surface area contributed by atoms with Gasteiger partial charge in [-0.15, -0.1) is 0 Å². The maximum absolute atomic E-state index is 3.62. The van der Waals surface area contributed by atoms with E-state index in [1.54, 1.807) is 0 Å². The molecule has 0 radical (unpaired) electrons. The largest absolute Gasteiger partial charge is 0.365 e. The first-order valence-corrected chi connectivity index (χ1v) is 20.1. The summed E-state index contributed by atoms with van der Waals surface area (Å²) in [5.41, 5.74) is 17.1. The van der Waals surface area contributed by atoms with Crippen LogP contribution in [-0.4, -0.2) is 12.3 Å². The van der Waals surface area contributed by atoms with E-state index in [-0.39, 0.29) is 19.8 Å². The van der Waals surface area contributed by atoms with Crippen LogP contribution in [-0.2, 0) is 0 Å². The Kier molecular flexibility index (Phi) is 14.6. The second kappa shape index (κ2) is 19.7. The third kappa shape index (κ3) is 11.0. The molecule has 58 heavy (non-hydrogen) atoms. The Morgan fingerprint density at radius 3 is 0.707 bits per heavy atom. The average molecular weight is 767 g/mol. The molecule has 4 heteroatoms. The molecule has 0 bridgehead atoms. The summed E-state index contributed by atoms with van der Waals surface area (Å²) >= 11 is 0. The molecule has 0 aliphatic rings. The van der Waals surface area contributed by atoms with Gasteiger partial charge >= 0.3 is 0 Å². The van der Waals surface area contributed by atoms with E-state index in [9.17, 15) is 0 Å². The Bertz CT molecular complexity index is 2040. The minimum atomic E-state index is 0.